The zero-order valence-corrected chi connectivity index (χ0v) is 9.45. The summed E-state index contributed by atoms with van der Waals surface area (Å²) in [6.45, 7) is 0. The maximum atomic E-state index is 2.24. The van der Waals surface area contributed by atoms with Crippen LogP contribution in [-0.4, -0.2) is 32.9 Å². The normalized spacial score (nSPS) is 2.44. The van der Waals surface area contributed by atoms with Gasteiger partial charge in [-0.3, -0.25) is 0 Å². The van der Waals surface area contributed by atoms with Gasteiger partial charge in [0.15, 0.2) is 0 Å². The summed E-state index contributed by atoms with van der Waals surface area (Å²) in [4.78, 5) is 0. The van der Waals surface area contributed by atoms with E-state index < -0.39 is 0 Å². The Kier molecular flexibility index (Phi) is 809. The van der Waals surface area contributed by atoms with Crippen molar-refractivity contribution in [3.63, 3.8) is 0 Å². The van der Waals surface area contributed by atoms with E-state index in [1.165, 1.54) is 8.26 Å². The molecule has 0 heterocycles. The van der Waals surface area contributed by atoms with Crippen molar-refractivity contribution in [1.82, 2.24) is 0 Å². The molecular formula is H12CoI2O6. The second-order valence-corrected chi connectivity index (χ2v) is 8.84. The topological polar surface area (TPSA) is 189 Å². The Morgan fingerprint density at radius 3 is 0.556 bits per heavy atom. The van der Waals surface area contributed by atoms with Crippen LogP contribution in [0, 0.1) is 0 Å². The Bertz CT molecular complexity index is 11.0. The molecular weight excluding hydrogens is 409 g/mol. The Morgan fingerprint density at radius 2 is 0.556 bits per heavy atom. The van der Waals surface area contributed by atoms with Crippen LogP contribution in [0.25, 0.3) is 0 Å². The van der Waals surface area contributed by atoms with Gasteiger partial charge in [-0.1, -0.05) is 0 Å². The molecule has 12 N–H and O–H groups in total. The molecule has 0 aromatic carbocycles. The molecule has 0 aliphatic rings. The summed E-state index contributed by atoms with van der Waals surface area (Å²) in [7, 11) is 1.38. The van der Waals surface area contributed by atoms with Crippen LogP contribution in [-0.2, 0) is 8.26 Å². The molecule has 0 unspecified atom stereocenters. The summed E-state index contributed by atoms with van der Waals surface area (Å²) < 4.78 is 0. The minimum atomic E-state index is 0. The van der Waals surface area contributed by atoms with Crippen molar-refractivity contribution in [2.75, 3.05) is 0 Å². The Hall–Kier alpha value is 1.73. The fourth-order valence-corrected chi connectivity index (χ4v) is 0. The first-order valence-corrected chi connectivity index (χ1v) is 6.97. The van der Waals surface area contributed by atoms with Gasteiger partial charge in [0.25, 0.3) is 0 Å². The van der Waals surface area contributed by atoms with Gasteiger partial charge >= 0.3 is 49.1 Å². The summed E-state index contributed by atoms with van der Waals surface area (Å²) in [5.41, 5.74) is 0. The first-order valence-electron chi connectivity index (χ1n) is 0.252. The van der Waals surface area contributed by atoms with Gasteiger partial charge in [0.05, 0.1) is 0 Å². The van der Waals surface area contributed by atoms with E-state index in [1.54, 1.807) is 0 Å². The van der Waals surface area contributed by atoms with Crippen LogP contribution in [0.15, 0.2) is 0 Å². The molecule has 0 saturated heterocycles. The predicted molar refractivity (Wildman–Crippen MR) is 49.7 cm³/mol. The van der Waals surface area contributed by atoms with Gasteiger partial charge in [0.1, 0.15) is 0 Å². The predicted octanol–water partition coefficient (Wildman–Crippen LogP) is -3.18. The fraction of sp³-hybridized carbons (Fsp3) is 0. The standard InChI is InChI=1S/Co.2HI.6H2O/h;2*1H;6*1H2/q+2;;;;;;;;/p-2. The summed E-state index contributed by atoms with van der Waals surface area (Å²) in [5.74, 6) is 0. The third kappa shape index (κ3) is 195. The quantitative estimate of drug-likeness (QED) is 0.357. The molecule has 0 amide bonds. The zero-order valence-electron chi connectivity index (χ0n) is 4.09. The van der Waals surface area contributed by atoms with E-state index in [4.69, 9.17) is 0 Å². The van der Waals surface area contributed by atoms with Crippen molar-refractivity contribution in [3.05, 3.63) is 0 Å². The van der Waals surface area contributed by atoms with Gasteiger partial charge < -0.3 is 32.9 Å². The van der Waals surface area contributed by atoms with Crippen molar-refractivity contribution in [1.29, 1.82) is 0 Å². The average Bonchev–Trinajstić information content (AvgIpc) is 0.918. The van der Waals surface area contributed by atoms with Crippen LogP contribution in [0.3, 0.4) is 0 Å². The van der Waals surface area contributed by atoms with Crippen molar-refractivity contribution < 1.29 is 41.1 Å². The molecule has 0 saturated carbocycles. The minimum absolute atomic E-state index is 0. The molecule has 0 bridgehead atoms. The van der Waals surface area contributed by atoms with Crippen molar-refractivity contribution >= 4 is 40.8 Å². The molecule has 0 radical (unpaired) electrons. The van der Waals surface area contributed by atoms with Gasteiger partial charge in [-0.25, -0.2) is 0 Å². The van der Waals surface area contributed by atoms with Gasteiger partial charge in [-0.2, -0.15) is 0 Å². The third-order valence-electron chi connectivity index (χ3n) is 0. The van der Waals surface area contributed by atoms with Crippen LogP contribution in [0.1, 0.15) is 0 Å². The molecule has 0 spiro atoms. The first-order chi connectivity index (χ1) is 1.41. The van der Waals surface area contributed by atoms with Crippen LogP contribution in [0.2, 0.25) is 0 Å². The van der Waals surface area contributed by atoms with Gasteiger partial charge in [-0.05, 0) is 0 Å². The van der Waals surface area contributed by atoms with Gasteiger partial charge in [0, 0.05) is 0 Å². The number of halogens is 2. The summed E-state index contributed by atoms with van der Waals surface area (Å²) in [6.07, 6.45) is 0. The monoisotopic (exact) mass is 421 g/mol. The molecule has 6 nitrogen and oxygen atoms in total. The number of hydrogen-bond donors (Lipinski definition) is 0. The maximum absolute atomic E-state index is 2.24. The van der Waals surface area contributed by atoms with Crippen LogP contribution in [0.4, 0.5) is 0 Å². The Labute approximate surface area is 81.2 Å². The molecule has 0 aliphatic heterocycles. The second-order valence-electron chi connectivity index (χ2n) is 0.0476. The fourth-order valence-electron chi connectivity index (χ4n) is 0. The summed E-state index contributed by atoms with van der Waals surface area (Å²) in [6, 6.07) is 0. The van der Waals surface area contributed by atoms with E-state index in [2.05, 4.69) is 40.8 Å². The van der Waals surface area contributed by atoms with E-state index >= 15 is 0 Å². The van der Waals surface area contributed by atoms with Crippen molar-refractivity contribution in [2.45, 2.75) is 0 Å². The molecule has 0 aromatic rings. The molecule has 0 fully saturated rings. The molecule has 9 heteroatoms. The number of hydrogen-bond acceptors (Lipinski definition) is 0. The van der Waals surface area contributed by atoms with Crippen LogP contribution < -0.4 is 0 Å². The molecule has 0 rings (SSSR count). The molecule has 9 heavy (non-hydrogen) atoms. The van der Waals surface area contributed by atoms with E-state index in [-0.39, 0.29) is 32.9 Å². The molecule has 0 atom stereocenters. The summed E-state index contributed by atoms with van der Waals surface area (Å²) >= 11 is 4.49. The van der Waals surface area contributed by atoms with E-state index in [0.717, 1.165) is 0 Å². The Morgan fingerprint density at radius 1 is 0.556 bits per heavy atom. The second kappa shape index (κ2) is 99.6. The van der Waals surface area contributed by atoms with Crippen molar-refractivity contribution in [3.8, 4) is 0 Å². The van der Waals surface area contributed by atoms with Gasteiger partial charge in [0.2, 0.25) is 0 Å². The summed E-state index contributed by atoms with van der Waals surface area (Å²) in [5, 5.41) is 0. The van der Waals surface area contributed by atoms with Crippen molar-refractivity contribution in [2.24, 2.45) is 0 Å². The van der Waals surface area contributed by atoms with E-state index in [0.29, 0.717) is 0 Å². The number of rotatable bonds is 0. The third-order valence-corrected chi connectivity index (χ3v) is 0. The molecule has 0 aliphatic carbocycles. The first kappa shape index (κ1) is 73.1. The average molecular weight is 421 g/mol. The van der Waals surface area contributed by atoms with E-state index in [1.807, 2.05) is 0 Å². The van der Waals surface area contributed by atoms with Crippen LogP contribution in [0.5, 0.6) is 0 Å². The molecule has 71 valence electrons. The van der Waals surface area contributed by atoms with Crippen LogP contribution >= 0.6 is 40.8 Å². The SMILES string of the molecule is O.O.O.O.O.O.[I][Co][I]. The van der Waals surface area contributed by atoms with E-state index in [9.17, 15) is 0 Å². The Balaban J connectivity index is -0.00000000133. The zero-order chi connectivity index (χ0) is 2.71. The molecule has 0 aromatic heterocycles. The van der Waals surface area contributed by atoms with Gasteiger partial charge in [-0.15, -0.1) is 0 Å².